The number of amides is 1. The molecule has 5 nitrogen and oxygen atoms in total. The second-order valence-electron chi connectivity index (χ2n) is 6.00. The fourth-order valence-electron chi connectivity index (χ4n) is 3.34. The number of hydrogen-bond donors (Lipinski definition) is 0. The minimum Gasteiger partial charge on any atom is -0.497 e. The number of carbonyl (C=O) groups is 1. The number of nitrogens with zero attached hydrogens (tertiary/aromatic N) is 1. The molecule has 25 heavy (non-hydrogen) atoms. The van der Waals surface area contributed by atoms with Crippen molar-refractivity contribution in [2.24, 2.45) is 0 Å². The van der Waals surface area contributed by atoms with E-state index in [0.29, 0.717) is 17.1 Å². The molecule has 0 N–H and O–H groups in total. The molecule has 0 aromatic heterocycles. The van der Waals surface area contributed by atoms with E-state index in [4.69, 9.17) is 14.2 Å². The highest BCUT2D eigenvalue weighted by Gasteiger charge is 2.32. The van der Waals surface area contributed by atoms with Crippen molar-refractivity contribution >= 4 is 5.91 Å². The summed E-state index contributed by atoms with van der Waals surface area (Å²) >= 11 is 0. The molecular formula is C20H23NO4. The average molecular weight is 341 g/mol. The predicted molar refractivity (Wildman–Crippen MR) is 95.6 cm³/mol. The van der Waals surface area contributed by atoms with E-state index < -0.39 is 0 Å². The van der Waals surface area contributed by atoms with E-state index in [-0.39, 0.29) is 11.9 Å². The van der Waals surface area contributed by atoms with E-state index in [1.165, 1.54) is 0 Å². The Morgan fingerprint density at radius 1 is 1.00 bits per heavy atom. The molecule has 5 heteroatoms. The zero-order chi connectivity index (χ0) is 17.8. The van der Waals surface area contributed by atoms with Gasteiger partial charge in [0.05, 0.1) is 32.9 Å². The number of rotatable bonds is 5. The lowest BCUT2D eigenvalue weighted by Crippen LogP contribution is -2.30. The lowest BCUT2D eigenvalue weighted by molar-refractivity contribution is 0.0731. The maximum atomic E-state index is 13.2. The van der Waals surface area contributed by atoms with Crippen LogP contribution in [-0.2, 0) is 0 Å². The first kappa shape index (κ1) is 17.1. The van der Waals surface area contributed by atoms with Crippen LogP contribution >= 0.6 is 0 Å². The molecule has 0 spiro atoms. The molecule has 1 fully saturated rings. The summed E-state index contributed by atoms with van der Waals surface area (Å²) in [5.74, 6) is 1.96. The van der Waals surface area contributed by atoms with Crippen LogP contribution < -0.4 is 14.2 Å². The minimum atomic E-state index is -0.0407. The molecule has 1 atom stereocenters. The average Bonchev–Trinajstić information content (AvgIpc) is 3.16. The Morgan fingerprint density at radius 2 is 1.76 bits per heavy atom. The Kier molecular flexibility index (Phi) is 5.12. The smallest absolute Gasteiger partial charge is 0.258 e. The van der Waals surface area contributed by atoms with E-state index in [1.807, 2.05) is 29.2 Å². The fraction of sp³-hybridized carbons (Fsp3) is 0.350. The highest BCUT2D eigenvalue weighted by molar-refractivity contribution is 5.97. The van der Waals surface area contributed by atoms with Crippen LogP contribution in [0, 0.1) is 0 Å². The SMILES string of the molecule is COc1cccc(C2CCCN2C(=O)c2cc(OC)ccc2OC)c1. The summed E-state index contributed by atoms with van der Waals surface area (Å²) in [5, 5.41) is 0. The molecular weight excluding hydrogens is 318 g/mol. The van der Waals surface area contributed by atoms with Gasteiger partial charge in [-0.25, -0.2) is 0 Å². The standard InChI is InChI=1S/C20H23NO4/c1-23-15-7-4-6-14(12-15)18-8-5-11-21(18)20(22)17-13-16(24-2)9-10-19(17)25-3/h4,6-7,9-10,12-13,18H,5,8,11H2,1-3H3. The number of benzene rings is 2. The van der Waals surface area contributed by atoms with E-state index in [0.717, 1.165) is 30.7 Å². The topological polar surface area (TPSA) is 48.0 Å². The Morgan fingerprint density at radius 3 is 2.48 bits per heavy atom. The Balaban J connectivity index is 1.93. The third-order valence-corrected chi connectivity index (χ3v) is 4.63. The molecule has 1 aliphatic rings. The molecule has 1 amide bonds. The summed E-state index contributed by atoms with van der Waals surface area (Å²) in [5.41, 5.74) is 1.61. The van der Waals surface area contributed by atoms with Gasteiger partial charge in [-0.1, -0.05) is 12.1 Å². The van der Waals surface area contributed by atoms with Crippen molar-refractivity contribution < 1.29 is 19.0 Å². The van der Waals surface area contributed by atoms with Gasteiger partial charge in [0, 0.05) is 6.54 Å². The van der Waals surface area contributed by atoms with Gasteiger partial charge in [-0.3, -0.25) is 4.79 Å². The minimum absolute atomic E-state index is 0.0403. The van der Waals surface area contributed by atoms with Crippen molar-refractivity contribution in [1.82, 2.24) is 4.90 Å². The summed E-state index contributed by atoms with van der Waals surface area (Å²) in [6.07, 6.45) is 1.91. The summed E-state index contributed by atoms with van der Waals surface area (Å²) < 4.78 is 16.0. The number of methoxy groups -OCH3 is 3. The van der Waals surface area contributed by atoms with Crippen LogP contribution in [0.5, 0.6) is 17.2 Å². The lowest BCUT2D eigenvalue weighted by Gasteiger charge is -2.26. The highest BCUT2D eigenvalue weighted by atomic mass is 16.5. The highest BCUT2D eigenvalue weighted by Crippen LogP contribution is 2.36. The first-order valence-electron chi connectivity index (χ1n) is 8.35. The van der Waals surface area contributed by atoms with Gasteiger partial charge in [0.15, 0.2) is 0 Å². The van der Waals surface area contributed by atoms with Crippen LogP contribution in [0.1, 0.15) is 34.8 Å². The van der Waals surface area contributed by atoms with E-state index in [9.17, 15) is 4.79 Å². The molecule has 1 heterocycles. The molecule has 2 aromatic carbocycles. The molecule has 0 aliphatic carbocycles. The normalized spacial score (nSPS) is 16.6. The van der Waals surface area contributed by atoms with Gasteiger partial charge >= 0.3 is 0 Å². The van der Waals surface area contributed by atoms with Gasteiger partial charge < -0.3 is 19.1 Å². The first-order valence-corrected chi connectivity index (χ1v) is 8.35. The van der Waals surface area contributed by atoms with E-state index in [2.05, 4.69) is 0 Å². The summed E-state index contributed by atoms with van der Waals surface area (Å²) in [4.78, 5) is 15.1. The molecule has 1 unspecified atom stereocenters. The molecule has 0 bridgehead atoms. The van der Waals surface area contributed by atoms with Crippen LogP contribution in [0.15, 0.2) is 42.5 Å². The first-order chi connectivity index (χ1) is 12.2. The second kappa shape index (κ2) is 7.47. The van der Waals surface area contributed by atoms with E-state index in [1.54, 1.807) is 39.5 Å². The zero-order valence-electron chi connectivity index (χ0n) is 14.8. The molecule has 1 aliphatic heterocycles. The molecule has 132 valence electrons. The third kappa shape index (κ3) is 3.40. The maximum Gasteiger partial charge on any atom is 0.258 e. The van der Waals surface area contributed by atoms with Crippen LogP contribution in [0.3, 0.4) is 0 Å². The van der Waals surface area contributed by atoms with E-state index >= 15 is 0 Å². The largest absolute Gasteiger partial charge is 0.497 e. The van der Waals surface area contributed by atoms with Gasteiger partial charge in [-0.05, 0) is 48.7 Å². The van der Waals surface area contributed by atoms with Crippen molar-refractivity contribution in [3.05, 3.63) is 53.6 Å². The summed E-state index contributed by atoms with van der Waals surface area (Å²) in [7, 11) is 4.81. The van der Waals surface area contributed by atoms with Crippen LogP contribution in [0.2, 0.25) is 0 Å². The monoisotopic (exact) mass is 341 g/mol. The Labute approximate surface area is 148 Å². The molecule has 0 radical (unpaired) electrons. The van der Waals surface area contributed by atoms with Crippen LogP contribution in [0.25, 0.3) is 0 Å². The second-order valence-corrected chi connectivity index (χ2v) is 6.00. The zero-order valence-corrected chi connectivity index (χ0v) is 14.8. The molecule has 1 saturated heterocycles. The quantitative estimate of drug-likeness (QED) is 0.832. The van der Waals surface area contributed by atoms with Crippen molar-refractivity contribution in [2.75, 3.05) is 27.9 Å². The van der Waals surface area contributed by atoms with Crippen molar-refractivity contribution in [3.8, 4) is 17.2 Å². The summed E-state index contributed by atoms with van der Waals surface area (Å²) in [6, 6.07) is 13.3. The van der Waals surface area contributed by atoms with Gasteiger partial charge in [0.2, 0.25) is 0 Å². The maximum absolute atomic E-state index is 13.2. The van der Waals surface area contributed by atoms with Gasteiger partial charge in [0.25, 0.3) is 5.91 Å². The van der Waals surface area contributed by atoms with Gasteiger partial charge in [-0.15, -0.1) is 0 Å². The Bertz CT molecular complexity index is 759. The van der Waals surface area contributed by atoms with Gasteiger partial charge in [0.1, 0.15) is 17.2 Å². The number of hydrogen-bond acceptors (Lipinski definition) is 4. The van der Waals surface area contributed by atoms with Crippen molar-refractivity contribution in [2.45, 2.75) is 18.9 Å². The molecule has 0 saturated carbocycles. The van der Waals surface area contributed by atoms with Crippen LogP contribution in [-0.4, -0.2) is 38.7 Å². The number of ether oxygens (including phenoxy) is 3. The fourth-order valence-corrected chi connectivity index (χ4v) is 3.34. The number of likely N-dealkylation sites (tertiary alicyclic amines) is 1. The third-order valence-electron chi connectivity index (χ3n) is 4.63. The van der Waals surface area contributed by atoms with Gasteiger partial charge in [-0.2, -0.15) is 0 Å². The van der Waals surface area contributed by atoms with Crippen LogP contribution in [0.4, 0.5) is 0 Å². The molecule has 3 rings (SSSR count). The van der Waals surface area contributed by atoms with Crippen molar-refractivity contribution in [1.29, 1.82) is 0 Å². The molecule has 2 aromatic rings. The summed E-state index contributed by atoms with van der Waals surface area (Å²) in [6.45, 7) is 0.723. The van der Waals surface area contributed by atoms with Crippen molar-refractivity contribution in [3.63, 3.8) is 0 Å². The number of carbonyl (C=O) groups excluding carboxylic acids is 1. The Hall–Kier alpha value is -2.69. The lowest BCUT2D eigenvalue weighted by atomic mass is 10.0. The predicted octanol–water partition coefficient (Wildman–Crippen LogP) is 3.69.